The van der Waals surface area contributed by atoms with Gasteiger partial charge in [0, 0.05) is 6.54 Å². The Labute approximate surface area is 99.9 Å². The van der Waals surface area contributed by atoms with Gasteiger partial charge < -0.3 is 10.0 Å². The number of hydrogen-bond donors (Lipinski definition) is 1. The first-order valence-corrected chi connectivity index (χ1v) is 5.74. The molecule has 1 N–H and O–H groups in total. The van der Waals surface area contributed by atoms with Crippen LogP contribution in [0.15, 0.2) is 24.3 Å². The fourth-order valence-electron chi connectivity index (χ4n) is 2.47. The van der Waals surface area contributed by atoms with Crippen LogP contribution in [0.1, 0.15) is 17.9 Å². The highest BCUT2D eigenvalue weighted by molar-refractivity contribution is 5.72. The van der Waals surface area contributed by atoms with Crippen LogP contribution in [0.4, 0.5) is 4.39 Å². The maximum Gasteiger partial charge on any atom is 0.308 e. The standard InChI is InChI=1S/C13H16FNO2/c1-15-7-6-11(12(8-15)13(16)17)9-2-4-10(14)5-3-9/h2-5,11-12H,6-8H2,1H3,(H,16,17). The van der Waals surface area contributed by atoms with E-state index in [1.54, 1.807) is 12.1 Å². The van der Waals surface area contributed by atoms with Crippen LogP contribution in [0.25, 0.3) is 0 Å². The summed E-state index contributed by atoms with van der Waals surface area (Å²) in [7, 11) is 1.93. The van der Waals surface area contributed by atoms with E-state index in [0.717, 1.165) is 18.5 Å². The zero-order chi connectivity index (χ0) is 12.4. The molecule has 0 aromatic heterocycles. The second-order valence-corrected chi connectivity index (χ2v) is 4.65. The molecule has 1 aromatic rings. The Morgan fingerprint density at radius 2 is 2.06 bits per heavy atom. The summed E-state index contributed by atoms with van der Waals surface area (Å²) in [6.07, 6.45) is 0.805. The van der Waals surface area contributed by atoms with Crippen LogP contribution >= 0.6 is 0 Å². The van der Waals surface area contributed by atoms with Gasteiger partial charge in [-0.3, -0.25) is 4.79 Å². The molecule has 0 amide bonds. The van der Waals surface area contributed by atoms with Gasteiger partial charge in [0.2, 0.25) is 0 Å². The minimum Gasteiger partial charge on any atom is -0.481 e. The van der Waals surface area contributed by atoms with Gasteiger partial charge in [-0.2, -0.15) is 0 Å². The largest absolute Gasteiger partial charge is 0.481 e. The third-order valence-electron chi connectivity index (χ3n) is 3.43. The quantitative estimate of drug-likeness (QED) is 0.854. The van der Waals surface area contributed by atoms with Crippen LogP contribution in [0.5, 0.6) is 0 Å². The molecule has 0 bridgehead atoms. The molecule has 2 atom stereocenters. The third kappa shape index (κ3) is 2.64. The first kappa shape index (κ1) is 12.0. The van der Waals surface area contributed by atoms with E-state index in [1.807, 2.05) is 11.9 Å². The van der Waals surface area contributed by atoms with E-state index in [-0.39, 0.29) is 11.7 Å². The number of carboxylic acids is 1. The first-order chi connectivity index (χ1) is 8.08. The molecular weight excluding hydrogens is 221 g/mol. The number of aliphatic carboxylic acids is 1. The summed E-state index contributed by atoms with van der Waals surface area (Å²) < 4.78 is 12.8. The van der Waals surface area contributed by atoms with Crippen molar-refractivity contribution in [2.24, 2.45) is 5.92 Å². The van der Waals surface area contributed by atoms with Gasteiger partial charge in [-0.25, -0.2) is 4.39 Å². The lowest BCUT2D eigenvalue weighted by atomic mass is 9.80. The Bertz CT molecular complexity index is 404. The second-order valence-electron chi connectivity index (χ2n) is 4.65. The van der Waals surface area contributed by atoms with Gasteiger partial charge >= 0.3 is 5.97 Å². The maximum absolute atomic E-state index is 12.8. The monoisotopic (exact) mass is 237 g/mol. The summed E-state index contributed by atoms with van der Waals surface area (Å²) in [4.78, 5) is 13.3. The smallest absolute Gasteiger partial charge is 0.308 e. The van der Waals surface area contributed by atoms with Crippen LogP contribution in [-0.4, -0.2) is 36.1 Å². The average Bonchev–Trinajstić information content (AvgIpc) is 2.30. The topological polar surface area (TPSA) is 40.5 Å². The van der Waals surface area contributed by atoms with Gasteiger partial charge in [0.25, 0.3) is 0 Å². The molecule has 0 aliphatic carbocycles. The molecule has 1 aromatic carbocycles. The van der Waals surface area contributed by atoms with Gasteiger partial charge in [-0.1, -0.05) is 12.1 Å². The van der Waals surface area contributed by atoms with Crippen molar-refractivity contribution in [3.05, 3.63) is 35.6 Å². The predicted molar refractivity (Wildman–Crippen MR) is 62.4 cm³/mol. The highest BCUT2D eigenvalue weighted by Crippen LogP contribution is 2.32. The molecule has 2 rings (SSSR count). The van der Waals surface area contributed by atoms with E-state index in [2.05, 4.69) is 0 Å². The predicted octanol–water partition coefficient (Wildman–Crippen LogP) is 1.95. The Morgan fingerprint density at radius 1 is 1.41 bits per heavy atom. The van der Waals surface area contributed by atoms with Crippen molar-refractivity contribution >= 4 is 5.97 Å². The number of benzene rings is 1. The van der Waals surface area contributed by atoms with Crippen molar-refractivity contribution in [2.75, 3.05) is 20.1 Å². The van der Waals surface area contributed by atoms with Crippen LogP contribution in [-0.2, 0) is 4.79 Å². The van der Waals surface area contributed by atoms with Crippen molar-refractivity contribution in [2.45, 2.75) is 12.3 Å². The number of nitrogens with zero attached hydrogens (tertiary/aromatic N) is 1. The minimum absolute atomic E-state index is 0.00991. The summed E-state index contributed by atoms with van der Waals surface area (Å²) in [5, 5.41) is 9.24. The van der Waals surface area contributed by atoms with Crippen molar-refractivity contribution in [1.82, 2.24) is 4.90 Å². The lowest BCUT2D eigenvalue weighted by molar-refractivity contribution is -0.144. The summed E-state index contributed by atoms with van der Waals surface area (Å²) in [5.41, 5.74) is 0.923. The van der Waals surface area contributed by atoms with Gasteiger partial charge in [0.05, 0.1) is 5.92 Å². The molecule has 3 nitrogen and oxygen atoms in total. The number of carboxylic acid groups (broad SMARTS) is 1. The fourth-order valence-corrected chi connectivity index (χ4v) is 2.47. The third-order valence-corrected chi connectivity index (χ3v) is 3.43. The zero-order valence-corrected chi connectivity index (χ0v) is 9.77. The van der Waals surface area contributed by atoms with Crippen LogP contribution in [0.3, 0.4) is 0 Å². The molecule has 1 aliphatic heterocycles. The number of carbonyl (C=O) groups is 1. The average molecular weight is 237 g/mol. The summed E-state index contributed by atoms with van der Waals surface area (Å²) in [6.45, 7) is 1.43. The molecule has 1 heterocycles. The van der Waals surface area contributed by atoms with Crippen molar-refractivity contribution in [1.29, 1.82) is 0 Å². The molecule has 0 radical (unpaired) electrons. The lowest BCUT2D eigenvalue weighted by Gasteiger charge is -2.34. The molecule has 4 heteroatoms. The van der Waals surface area contributed by atoms with Gasteiger partial charge in [0.1, 0.15) is 5.82 Å². The molecule has 2 unspecified atom stereocenters. The molecule has 0 saturated carbocycles. The van der Waals surface area contributed by atoms with Gasteiger partial charge in [0.15, 0.2) is 0 Å². The first-order valence-electron chi connectivity index (χ1n) is 5.74. The zero-order valence-electron chi connectivity index (χ0n) is 9.77. The Kier molecular flexibility index (Phi) is 3.43. The molecular formula is C13H16FNO2. The molecule has 1 aliphatic rings. The highest BCUT2D eigenvalue weighted by atomic mass is 19.1. The number of rotatable bonds is 2. The number of hydrogen-bond acceptors (Lipinski definition) is 2. The van der Waals surface area contributed by atoms with Crippen molar-refractivity contribution in [3.63, 3.8) is 0 Å². The van der Waals surface area contributed by atoms with Crippen molar-refractivity contribution in [3.8, 4) is 0 Å². The molecule has 1 fully saturated rings. The Balaban J connectivity index is 2.23. The SMILES string of the molecule is CN1CCC(c2ccc(F)cc2)C(C(=O)O)C1. The molecule has 0 spiro atoms. The van der Waals surface area contributed by atoms with E-state index in [0.29, 0.717) is 6.54 Å². The number of likely N-dealkylation sites (tertiary alicyclic amines) is 1. The van der Waals surface area contributed by atoms with Crippen LogP contribution < -0.4 is 0 Å². The van der Waals surface area contributed by atoms with E-state index in [4.69, 9.17) is 0 Å². The van der Waals surface area contributed by atoms with Crippen LogP contribution in [0.2, 0.25) is 0 Å². The Hall–Kier alpha value is -1.42. The van der Waals surface area contributed by atoms with E-state index < -0.39 is 11.9 Å². The van der Waals surface area contributed by atoms with E-state index >= 15 is 0 Å². The molecule has 92 valence electrons. The van der Waals surface area contributed by atoms with E-state index in [1.165, 1.54) is 12.1 Å². The summed E-state index contributed by atoms with van der Waals surface area (Å²) in [6, 6.07) is 6.18. The minimum atomic E-state index is -0.772. The highest BCUT2D eigenvalue weighted by Gasteiger charge is 2.33. The molecule has 1 saturated heterocycles. The molecule has 17 heavy (non-hydrogen) atoms. The number of halogens is 1. The lowest BCUT2D eigenvalue weighted by Crippen LogP contribution is -2.40. The normalized spacial score (nSPS) is 25.8. The van der Waals surface area contributed by atoms with E-state index in [9.17, 15) is 14.3 Å². The summed E-state index contributed by atoms with van der Waals surface area (Å²) >= 11 is 0. The van der Waals surface area contributed by atoms with Gasteiger partial charge in [-0.05, 0) is 43.6 Å². The number of piperidine rings is 1. The van der Waals surface area contributed by atoms with Gasteiger partial charge in [-0.15, -0.1) is 0 Å². The summed E-state index contributed by atoms with van der Waals surface area (Å²) in [5.74, 6) is -1.47. The van der Waals surface area contributed by atoms with Crippen LogP contribution in [0, 0.1) is 11.7 Å². The second kappa shape index (κ2) is 4.84. The maximum atomic E-state index is 12.8. The fraction of sp³-hybridized carbons (Fsp3) is 0.462. The van der Waals surface area contributed by atoms with Crippen molar-refractivity contribution < 1.29 is 14.3 Å². The Morgan fingerprint density at radius 3 is 2.65 bits per heavy atom.